The number of allylic oxidation sites excluding steroid dienone is 3. The number of phenolic OH excluding ortho intramolecular Hbond substituents is 1. The molecular weight excluding hydrogens is 416 g/mol. The Labute approximate surface area is 185 Å². The van der Waals surface area contributed by atoms with Crippen molar-refractivity contribution in [2.75, 3.05) is 20.3 Å². The highest BCUT2D eigenvalue weighted by atomic mass is 17.2. The van der Waals surface area contributed by atoms with E-state index in [2.05, 4.69) is 0 Å². The lowest BCUT2D eigenvalue weighted by Crippen LogP contribution is -2.03. The van der Waals surface area contributed by atoms with Gasteiger partial charge in [0.2, 0.25) is 0 Å². The van der Waals surface area contributed by atoms with Gasteiger partial charge in [0.15, 0.2) is 17.3 Å². The zero-order valence-electron chi connectivity index (χ0n) is 17.6. The number of benzene rings is 2. The van der Waals surface area contributed by atoms with Crippen LogP contribution in [-0.2, 0) is 27.8 Å². The number of carbonyl (C=O) groups excluding carboxylic acids is 1. The zero-order chi connectivity index (χ0) is 23.3. The molecule has 0 spiro atoms. The van der Waals surface area contributed by atoms with E-state index in [0.717, 1.165) is 6.08 Å². The number of aliphatic hydroxyl groups is 3. The normalized spacial score (nSPS) is 12.0. The van der Waals surface area contributed by atoms with Crippen molar-refractivity contribution in [2.45, 2.75) is 13.2 Å². The summed E-state index contributed by atoms with van der Waals surface area (Å²) in [7, 11) is 1.43. The van der Waals surface area contributed by atoms with Gasteiger partial charge in [-0.15, -0.1) is 0 Å². The minimum absolute atomic E-state index is 0.00433. The van der Waals surface area contributed by atoms with Crippen LogP contribution in [0.15, 0.2) is 60.4 Å². The average molecular weight is 442 g/mol. The van der Waals surface area contributed by atoms with Gasteiger partial charge in [-0.1, -0.05) is 30.4 Å². The Hall–Kier alpha value is -3.43. The third-order valence-electron chi connectivity index (χ3n) is 4.25. The fourth-order valence-electron chi connectivity index (χ4n) is 2.64. The topological polar surface area (TPSA) is 126 Å². The van der Waals surface area contributed by atoms with Gasteiger partial charge >= 0.3 is 0 Å². The Kier molecular flexibility index (Phi) is 10.2. The maximum Gasteiger partial charge on any atom is 0.182 e. The highest BCUT2D eigenvalue weighted by molar-refractivity contribution is 6.02. The number of hydrogen-bond donors (Lipinski definition) is 4. The van der Waals surface area contributed by atoms with Crippen LogP contribution in [0.3, 0.4) is 0 Å². The lowest BCUT2D eigenvalue weighted by Gasteiger charge is -2.08. The van der Waals surface area contributed by atoms with Crippen LogP contribution in [0.2, 0.25) is 0 Å². The van der Waals surface area contributed by atoms with Gasteiger partial charge in [0.05, 0.1) is 20.3 Å². The Balaban J connectivity index is 2.00. The van der Waals surface area contributed by atoms with Gasteiger partial charge in [-0.2, -0.15) is 0 Å². The first kappa shape index (κ1) is 24.8. The van der Waals surface area contributed by atoms with Crippen LogP contribution in [0, 0.1) is 0 Å². The minimum atomic E-state index is -0.425. The second-order valence-corrected chi connectivity index (χ2v) is 6.56. The lowest BCUT2D eigenvalue weighted by atomic mass is 10.0. The molecule has 0 atom stereocenters. The van der Waals surface area contributed by atoms with Crippen LogP contribution in [-0.4, -0.2) is 46.5 Å². The molecule has 0 amide bonds. The quantitative estimate of drug-likeness (QED) is 0.0987. The summed E-state index contributed by atoms with van der Waals surface area (Å²) in [5.41, 5.74) is 2.67. The summed E-state index contributed by atoms with van der Waals surface area (Å²) in [6, 6.07) is 9.88. The first-order valence-electron chi connectivity index (χ1n) is 9.72. The largest absolute Gasteiger partial charge is 0.508 e. The first-order chi connectivity index (χ1) is 15.5. The molecule has 0 aliphatic heterocycles. The van der Waals surface area contributed by atoms with Gasteiger partial charge in [-0.05, 0) is 52.6 Å². The van der Waals surface area contributed by atoms with E-state index < -0.39 is 5.78 Å². The molecule has 170 valence electrons. The summed E-state index contributed by atoms with van der Waals surface area (Å²) in [5.74, 6) is -0.360. The van der Waals surface area contributed by atoms with Crippen molar-refractivity contribution in [3.05, 3.63) is 82.6 Å². The van der Waals surface area contributed by atoms with Crippen LogP contribution in [0.5, 0.6) is 11.5 Å². The third kappa shape index (κ3) is 8.01. The van der Waals surface area contributed by atoms with E-state index in [9.17, 15) is 20.1 Å². The standard InChI is InChI=1S/C24H26O8/c1-30-24-13-18(5-9-23(24)29)4-8-22(28)14-21(27)7-3-17-2-6-19(20(12-17)15-26)16-32-31-11-10-25/h2-9,12-14,25-26,28-29H,10-11,15-16H2,1H3/b7-3+,8-4+,22-14-. The fraction of sp³-hybridized carbons (Fsp3) is 0.208. The number of carbonyl (C=O) groups is 1. The van der Waals surface area contributed by atoms with Crippen molar-refractivity contribution >= 4 is 17.9 Å². The molecule has 0 bridgehead atoms. The molecule has 0 radical (unpaired) electrons. The second kappa shape index (κ2) is 13.1. The van der Waals surface area contributed by atoms with E-state index in [4.69, 9.17) is 19.6 Å². The minimum Gasteiger partial charge on any atom is -0.508 e. The average Bonchev–Trinajstić information content (AvgIpc) is 2.80. The number of aromatic hydroxyl groups is 1. The molecule has 0 fully saturated rings. The summed E-state index contributed by atoms with van der Waals surface area (Å²) in [5, 5.41) is 37.8. The highest BCUT2D eigenvalue weighted by Crippen LogP contribution is 2.26. The Bertz CT molecular complexity index is 991. The summed E-state index contributed by atoms with van der Waals surface area (Å²) in [6.45, 7) is -0.220. The summed E-state index contributed by atoms with van der Waals surface area (Å²) in [4.78, 5) is 21.8. The maximum atomic E-state index is 12.1. The lowest BCUT2D eigenvalue weighted by molar-refractivity contribution is -0.307. The van der Waals surface area contributed by atoms with E-state index in [1.807, 2.05) is 0 Å². The van der Waals surface area contributed by atoms with Crippen molar-refractivity contribution in [1.82, 2.24) is 0 Å². The van der Waals surface area contributed by atoms with Crippen LogP contribution >= 0.6 is 0 Å². The number of hydrogen-bond acceptors (Lipinski definition) is 8. The van der Waals surface area contributed by atoms with E-state index in [1.54, 1.807) is 42.5 Å². The molecule has 0 aromatic heterocycles. The van der Waals surface area contributed by atoms with Gasteiger partial charge < -0.3 is 25.2 Å². The molecule has 0 aliphatic carbocycles. The molecule has 8 heteroatoms. The number of phenols is 1. The molecule has 32 heavy (non-hydrogen) atoms. The van der Waals surface area contributed by atoms with Crippen LogP contribution in [0.4, 0.5) is 0 Å². The third-order valence-corrected chi connectivity index (χ3v) is 4.25. The SMILES string of the molecule is COc1cc(/C=C/C(O)=C/C(=O)/C=C/c2ccc(COOCCO)c(CO)c2)ccc1O. The molecule has 8 nitrogen and oxygen atoms in total. The molecule has 0 heterocycles. The molecule has 0 saturated heterocycles. The summed E-state index contributed by atoms with van der Waals surface area (Å²) in [6.07, 6.45) is 6.86. The molecule has 4 N–H and O–H groups in total. The molecule has 0 aliphatic rings. The van der Waals surface area contributed by atoms with E-state index >= 15 is 0 Å². The highest BCUT2D eigenvalue weighted by Gasteiger charge is 2.04. The molecular formula is C24H26O8. The Morgan fingerprint density at radius 3 is 2.41 bits per heavy atom. The van der Waals surface area contributed by atoms with Gasteiger partial charge in [0.25, 0.3) is 0 Å². The van der Waals surface area contributed by atoms with Crippen molar-refractivity contribution in [1.29, 1.82) is 0 Å². The predicted molar refractivity (Wildman–Crippen MR) is 119 cm³/mol. The summed E-state index contributed by atoms with van der Waals surface area (Å²) >= 11 is 0. The monoisotopic (exact) mass is 442 g/mol. The number of rotatable bonds is 12. The predicted octanol–water partition coefficient (Wildman–Crippen LogP) is 3.07. The Morgan fingerprint density at radius 1 is 0.969 bits per heavy atom. The van der Waals surface area contributed by atoms with Crippen molar-refractivity contribution < 1.29 is 39.7 Å². The van der Waals surface area contributed by atoms with E-state index in [-0.39, 0.29) is 37.9 Å². The first-order valence-corrected chi connectivity index (χ1v) is 9.72. The molecule has 2 aromatic carbocycles. The van der Waals surface area contributed by atoms with Gasteiger partial charge in [-0.3, -0.25) is 4.79 Å². The Morgan fingerprint density at radius 2 is 1.69 bits per heavy atom. The second-order valence-electron chi connectivity index (χ2n) is 6.56. The van der Waals surface area contributed by atoms with Crippen molar-refractivity contribution in [2.24, 2.45) is 0 Å². The molecule has 0 saturated carbocycles. The van der Waals surface area contributed by atoms with E-state index in [0.29, 0.717) is 28.0 Å². The van der Waals surface area contributed by atoms with Crippen LogP contribution in [0.25, 0.3) is 12.2 Å². The number of aliphatic hydroxyl groups excluding tert-OH is 3. The summed E-state index contributed by atoms with van der Waals surface area (Å²) < 4.78 is 5.02. The van der Waals surface area contributed by atoms with Crippen molar-refractivity contribution in [3.8, 4) is 11.5 Å². The van der Waals surface area contributed by atoms with Crippen molar-refractivity contribution in [3.63, 3.8) is 0 Å². The fourth-order valence-corrected chi connectivity index (χ4v) is 2.64. The smallest absolute Gasteiger partial charge is 0.182 e. The molecule has 2 aromatic rings. The van der Waals surface area contributed by atoms with Gasteiger partial charge in [0, 0.05) is 6.08 Å². The number of ketones is 1. The number of ether oxygens (including phenoxy) is 1. The van der Waals surface area contributed by atoms with E-state index in [1.165, 1.54) is 25.3 Å². The molecule has 2 rings (SSSR count). The molecule has 0 unspecified atom stereocenters. The van der Waals surface area contributed by atoms with Gasteiger partial charge in [-0.25, -0.2) is 9.78 Å². The number of methoxy groups -OCH3 is 1. The van der Waals surface area contributed by atoms with Crippen LogP contribution < -0.4 is 4.74 Å². The van der Waals surface area contributed by atoms with Gasteiger partial charge in [0.1, 0.15) is 19.0 Å². The van der Waals surface area contributed by atoms with Crippen LogP contribution in [0.1, 0.15) is 22.3 Å². The zero-order valence-corrected chi connectivity index (χ0v) is 17.6. The maximum absolute atomic E-state index is 12.1.